The number of rotatable bonds is 10. The summed E-state index contributed by atoms with van der Waals surface area (Å²) in [5, 5.41) is 0. The molecule has 0 aliphatic heterocycles. The van der Waals surface area contributed by atoms with Crippen LogP contribution < -0.4 is 0 Å². The van der Waals surface area contributed by atoms with Crippen LogP contribution in [-0.2, 0) is 26.4 Å². The highest BCUT2D eigenvalue weighted by Crippen LogP contribution is 2.37. The van der Waals surface area contributed by atoms with Gasteiger partial charge in [0.2, 0.25) is 0 Å². The number of hydrogen-bond acceptors (Lipinski definition) is 4. The molecule has 0 aliphatic carbocycles. The fourth-order valence-corrected chi connectivity index (χ4v) is 7.28. The summed E-state index contributed by atoms with van der Waals surface area (Å²) in [7, 11) is -8.02. The minimum atomic E-state index is -4.38. The minimum Gasteiger partial charge on any atom is -0.282 e. The van der Waals surface area contributed by atoms with Crippen molar-refractivity contribution in [1.29, 1.82) is 0 Å². The predicted octanol–water partition coefficient (Wildman–Crippen LogP) is 7.57. The molecule has 2 aromatic carbocycles. The molecule has 0 saturated carbocycles. The van der Waals surface area contributed by atoms with Crippen molar-refractivity contribution in [1.82, 2.24) is 0 Å². The standard InChI is InChI=1S/C29H44O5S2/c1-17(2)22-13-27(20(7)8)29(28(14-22)21(9)10)35(30,31)12-11-24-25(18(3)4)15-23(36(32,33)34)16-26(24)19(5)6/h13-21H,11-12H2,1-10H3,(H,32,33,34). The van der Waals surface area contributed by atoms with Gasteiger partial charge in [-0.3, -0.25) is 4.55 Å². The molecule has 7 heteroatoms. The topological polar surface area (TPSA) is 88.5 Å². The van der Waals surface area contributed by atoms with Crippen LogP contribution in [0.3, 0.4) is 0 Å². The maximum atomic E-state index is 14.0. The Morgan fingerprint density at radius 1 is 0.611 bits per heavy atom. The summed E-state index contributed by atoms with van der Waals surface area (Å²) in [4.78, 5) is 0.304. The second-order valence-corrected chi connectivity index (χ2v) is 14.9. The lowest BCUT2D eigenvalue weighted by molar-refractivity contribution is 0.482. The normalized spacial score (nSPS) is 13.1. The zero-order chi connectivity index (χ0) is 27.7. The molecule has 0 unspecified atom stereocenters. The van der Waals surface area contributed by atoms with Crippen molar-refractivity contribution in [2.45, 2.75) is 115 Å². The monoisotopic (exact) mass is 536 g/mol. The van der Waals surface area contributed by atoms with Crippen molar-refractivity contribution in [3.63, 3.8) is 0 Å². The average molecular weight is 537 g/mol. The lowest BCUT2D eigenvalue weighted by Crippen LogP contribution is -2.18. The zero-order valence-corrected chi connectivity index (χ0v) is 25.1. The SMILES string of the molecule is CC(C)c1cc(C(C)C)c(S(=O)(=O)CCc2c(C(C)C)cc(S(=O)(=O)O)cc2C(C)C)c(C(C)C)c1. The highest BCUT2D eigenvalue weighted by Gasteiger charge is 2.28. The van der Waals surface area contributed by atoms with Crippen LogP contribution in [0, 0.1) is 0 Å². The van der Waals surface area contributed by atoms with E-state index in [9.17, 15) is 21.4 Å². The van der Waals surface area contributed by atoms with Crippen LogP contribution in [-0.4, -0.2) is 27.1 Å². The van der Waals surface area contributed by atoms with Crippen LogP contribution in [0.2, 0.25) is 0 Å². The molecule has 0 amide bonds. The van der Waals surface area contributed by atoms with Crippen LogP contribution in [0.25, 0.3) is 0 Å². The molecule has 202 valence electrons. The van der Waals surface area contributed by atoms with E-state index in [4.69, 9.17) is 0 Å². The van der Waals surface area contributed by atoms with Gasteiger partial charge in [0.15, 0.2) is 9.84 Å². The molecule has 0 fully saturated rings. The highest BCUT2D eigenvalue weighted by atomic mass is 32.2. The van der Waals surface area contributed by atoms with Gasteiger partial charge in [0, 0.05) is 0 Å². The highest BCUT2D eigenvalue weighted by molar-refractivity contribution is 7.91. The first-order valence-corrected chi connectivity index (χ1v) is 16.0. The Morgan fingerprint density at radius 3 is 1.31 bits per heavy atom. The Kier molecular flexibility index (Phi) is 9.63. The molecule has 0 radical (unpaired) electrons. The van der Waals surface area contributed by atoms with E-state index < -0.39 is 20.0 Å². The van der Waals surface area contributed by atoms with Gasteiger partial charge in [0.1, 0.15) is 0 Å². The van der Waals surface area contributed by atoms with Gasteiger partial charge in [-0.05, 0) is 81.5 Å². The largest absolute Gasteiger partial charge is 0.294 e. The summed E-state index contributed by atoms with van der Waals surface area (Å²) in [6.45, 7) is 20.2. The molecule has 0 spiro atoms. The Balaban J connectivity index is 2.71. The maximum absolute atomic E-state index is 14.0. The van der Waals surface area contributed by atoms with Crippen molar-refractivity contribution in [2.75, 3.05) is 5.75 Å². The summed E-state index contributed by atoms with van der Waals surface area (Å²) in [6.07, 6.45) is 0.274. The predicted molar refractivity (Wildman–Crippen MR) is 149 cm³/mol. The van der Waals surface area contributed by atoms with Gasteiger partial charge in [-0.2, -0.15) is 8.42 Å². The van der Waals surface area contributed by atoms with Crippen molar-refractivity contribution < 1.29 is 21.4 Å². The quantitative estimate of drug-likeness (QED) is 0.316. The van der Waals surface area contributed by atoms with Crippen molar-refractivity contribution in [2.24, 2.45) is 0 Å². The first-order chi connectivity index (χ1) is 16.4. The van der Waals surface area contributed by atoms with E-state index >= 15 is 0 Å². The molecule has 1 N–H and O–H groups in total. The molecule has 36 heavy (non-hydrogen) atoms. The fourth-order valence-electron chi connectivity index (χ4n) is 4.74. The maximum Gasteiger partial charge on any atom is 0.294 e. The van der Waals surface area contributed by atoms with E-state index in [1.807, 2.05) is 67.5 Å². The van der Waals surface area contributed by atoms with E-state index in [1.165, 1.54) is 12.1 Å². The second kappa shape index (κ2) is 11.4. The number of hydrogen-bond donors (Lipinski definition) is 1. The molecular formula is C29H44O5S2. The second-order valence-electron chi connectivity index (χ2n) is 11.4. The third-order valence-corrected chi connectivity index (χ3v) is 9.51. The van der Waals surface area contributed by atoms with Gasteiger partial charge in [0.25, 0.3) is 10.1 Å². The number of sulfone groups is 1. The molecule has 0 aromatic heterocycles. The van der Waals surface area contributed by atoms with Crippen LogP contribution >= 0.6 is 0 Å². The summed E-state index contributed by atoms with van der Waals surface area (Å²) >= 11 is 0. The molecular weight excluding hydrogens is 492 g/mol. The van der Waals surface area contributed by atoms with E-state index in [0.29, 0.717) is 10.8 Å². The van der Waals surface area contributed by atoms with Crippen molar-refractivity contribution in [3.8, 4) is 0 Å². The summed E-state index contributed by atoms with van der Waals surface area (Å²) < 4.78 is 61.5. The minimum absolute atomic E-state index is 0.0373. The molecule has 0 aliphatic rings. The Morgan fingerprint density at radius 2 is 1.00 bits per heavy atom. The van der Waals surface area contributed by atoms with Crippen LogP contribution in [0.4, 0.5) is 0 Å². The molecule has 5 nitrogen and oxygen atoms in total. The Labute approximate surface area is 219 Å². The van der Waals surface area contributed by atoms with E-state index in [-0.39, 0.29) is 40.7 Å². The Hall–Kier alpha value is -1.70. The van der Waals surface area contributed by atoms with Crippen molar-refractivity contribution >= 4 is 20.0 Å². The first kappa shape index (κ1) is 30.5. The van der Waals surface area contributed by atoms with Gasteiger partial charge < -0.3 is 0 Å². The lowest BCUT2D eigenvalue weighted by atomic mass is 9.87. The molecule has 0 saturated heterocycles. The van der Waals surface area contributed by atoms with Crippen LogP contribution in [0.1, 0.15) is 132 Å². The molecule has 2 rings (SSSR count). The molecule has 0 heterocycles. The van der Waals surface area contributed by atoms with E-state index in [2.05, 4.69) is 13.8 Å². The van der Waals surface area contributed by atoms with Gasteiger partial charge in [-0.25, -0.2) is 8.42 Å². The zero-order valence-electron chi connectivity index (χ0n) is 23.5. The molecule has 0 atom stereocenters. The van der Waals surface area contributed by atoms with E-state index in [1.54, 1.807) is 0 Å². The summed E-state index contributed by atoms with van der Waals surface area (Å²) in [6, 6.07) is 7.08. The van der Waals surface area contributed by atoms with Crippen LogP contribution in [0.5, 0.6) is 0 Å². The smallest absolute Gasteiger partial charge is 0.282 e. The van der Waals surface area contributed by atoms with Gasteiger partial charge in [-0.1, -0.05) is 81.4 Å². The molecule has 0 bridgehead atoms. The van der Waals surface area contributed by atoms with Crippen molar-refractivity contribution in [3.05, 3.63) is 57.6 Å². The first-order valence-electron chi connectivity index (χ1n) is 12.9. The van der Waals surface area contributed by atoms with Gasteiger partial charge >= 0.3 is 0 Å². The summed E-state index contributed by atoms with van der Waals surface area (Å²) in [5.41, 5.74) is 5.23. The van der Waals surface area contributed by atoms with Crippen LogP contribution in [0.15, 0.2) is 34.1 Å². The van der Waals surface area contributed by atoms with E-state index in [0.717, 1.165) is 33.4 Å². The number of benzene rings is 2. The third-order valence-electron chi connectivity index (χ3n) is 6.85. The summed E-state index contributed by atoms with van der Waals surface area (Å²) in [5.74, 6) is 0.252. The fraction of sp³-hybridized carbons (Fsp3) is 0.586. The lowest BCUT2D eigenvalue weighted by Gasteiger charge is -2.24. The average Bonchev–Trinajstić information content (AvgIpc) is 2.75. The third kappa shape index (κ3) is 6.78. The van der Waals surface area contributed by atoms with Gasteiger partial charge in [-0.15, -0.1) is 0 Å². The van der Waals surface area contributed by atoms with Gasteiger partial charge in [0.05, 0.1) is 15.5 Å². The Bertz CT molecular complexity index is 1240. The molecule has 2 aromatic rings.